The van der Waals surface area contributed by atoms with Gasteiger partial charge in [-0.15, -0.1) is 0 Å². The summed E-state index contributed by atoms with van der Waals surface area (Å²) in [5.41, 5.74) is 4.39. The molecule has 0 unspecified atom stereocenters. The van der Waals surface area contributed by atoms with Crippen LogP contribution in [0.2, 0.25) is 0 Å². The Labute approximate surface area is 153 Å². The number of hydrogen-bond donors (Lipinski definition) is 1. The molecule has 2 aromatic rings. The van der Waals surface area contributed by atoms with Gasteiger partial charge >= 0.3 is 6.09 Å². The van der Waals surface area contributed by atoms with Crippen LogP contribution < -0.4 is 5.32 Å². The number of rotatable bonds is 7. The molecule has 1 N–H and O–H groups in total. The fourth-order valence-corrected chi connectivity index (χ4v) is 2.18. The second-order valence-corrected chi connectivity index (χ2v) is 5.42. The van der Waals surface area contributed by atoms with E-state index >= 15 is 0 Å². The van der Waals surface area contributed by atoms with Gasteiger partial charge in [-0.3, -0.25) is 5.32 Å². The summed E-state index contributed by atoms with van der Waals surface area (Å²) in [7, 11) is 1.34. The van der Waals surface area contributed by atoms with Crippen molar-refractivity contribution in [2.24, 2.45) is 5.16 Å². The molecule has 134 valence electrons. The number of amides is 1. The molecule has 0 saturated carbocycles. The number of oxime groups is 1. The number of carbonyl (C=O) groups excluding carboxylic acids is 1. The topological polar surface area (TPSA) is 59.9 Å². The van der Waals surface area contributed by atoms with Gasteiger partial charge in [0.05, 0.1) is 18.5 Å². The van der Waals surface area contributed by atoms with E-state index in [1.54, 1.807) is 6.08 Å². The maximum Gasteiger partial charge on any atom is 0.411 e. The Bertz CT molecular complexity index is 808. The summed E-state index contributed by atoms with van der Waals surface area (Å²) >= 11 is 0. The van der Waals surface area contributed by atoms with Crippen molar-refractivity contribution in [3.05, 3.63) is 77.9 Å². The first kappa shape index (κ1) is 19.0. The van der Waals surface area contributed by atoms with Gasteiger partial charge in [-0.05, 0) is 29.7 Å². The molecule has 0 aliphatic carbocycles. The van der Waals surface area contributed by atoms with Crippen molar-refractivity contribution in [2.75, 3.05) is 19.0 Å². The molecule has 26 heavy (non-hydrogen) atoms. The van der Waals surface area contributed by atoms with Crippen LogP contribution in [0.15, 0.2) is 66.3 Å². The molecule has 5 heteroatoms. The quantitative estimate of drug-likeness (QED) is 0.252. The number of carbonyl (C=O) groups is 1. The summed E-state index contributed by atoms with van der Waals surface area (Å²) < 4.78 is 4.64. The van der Waals surface area contributed by atoms with Crippen LogP contribution in [0.3, 0.4) is 0 Å². The molecule has 0 bridgehead atoms. The van der Waals surface area contributed by atoms with Crippen LogP contribution in [-0.4, -0.2) is 25.5 Å². The predicted octanol–water partition coefficient (Wildman–Crippen LogP) is 4.96. The van der Waals surface area contributed by atoms with Crippen LogP contribution in [0.4, 0.5) is 10.5 Å². The zero-order valence-corrected chi connectivity index (χ0v) is 14.9. The Balaban J connectivity index is 2.11. The first-order valence-electron chi connectivity index (χ1n) is 8.14. The van der Waals surface area contributed by atoms with Crippen LogP contribution in [0.1, 0.15) is 23.6 Å². The zero-order chi connectivity index (χ0) is 18.8. The normalized spacial score (nSPS) is 11.2. The third-order valence-electron chi connectivity index (χ3n) is 3.56. The SMILES string of the molecule is C=CCO/N=C(\C)c1ccc(/C=C/c2ccccc2NC(=O)OC)cc1. The van der Waals surface area contributed by atoms with Gasteiger partial charge < -0.3 is 9.57 Å². The molecule has 0 aliphatic heterocycles. The van der Waals surface area contributed by atoms with E-state index in [1.807, 2.05) is 67.6 Å². The summed E-state index contributed by atoms with van der Waals surface area (Å²) in [6, 6.07) is 15.5. The molecular formula is C21H22N2O3. The van der Waals surface area contributed by atoms with Gasteiger partial charge in [0.15, 0.2) is 0 Å². The Hall–Kier alpha value is -3.34. The van der Waals surface area contributed by atoms with E-state index in [1.165, 1.54) is 7.11 Å². The predicted molar refractivity (Wildman–Crippen MR) is 106 cm³/mol. The van der Waals surface area contributed by atoms with Crippen molar-refractivity contribution >= 4 is 29.6 Å². The summed E-state index contributed by atoms with van der Waals surface area (Å²) in [5.74, 6) is 0. The lowest BCUT2D eigenvalue weighted by molar-refractivity contribution is 0.175. The Morgan fingerprint density at radius 2 is 1.88 bits per heavy atom. The minimum Gasteiger partial charge on any atom is -0.453 e. The average molecular weight is 350 g/mol. The molecule has 1 amide bonds. The van der Waals surface area contributed by atoms with Crippen molar-refractivity contribution < 1.29 is 14.4 Å². The van der Waals surface area contributed by atoms with Gasteiger partial charge in [0.1, 0.15) is 6.61 Å². The monoisotopic (exact) mass is 350 g/mol. The van der Waals surface area contributed by atoms with Crippen molar-refractivity contribution in [3.8, 4) is 0 Å². The van der Waals surface area contributed by atoms with Crippen molar-refractivity contribution in [1.82, 2.24) is 0 Å². The summed E-state index contributed by atoms with van der Waals surface area (Å²) in [6.45, 7) is 5.86. The molecular weight excluding hydrogens is 328 g/mol. The molecule has 0 atom stereocenters. The minimum absolute atomic E-state index is 0.386. The van der Waals surface area contributed by atoms with Crippen LogP contribution in [0.25, 0.3) is 12.2 Å². The number of hydrogen-bond acceptors (Lipinski definition) is 4. The number of benzene rings is 2. The van der Waals surface area contributed by atoms with Gasteiger partial charge in [-0.2, -0.15) is 0 Å². The van der Waals surface area contributed by atoms with E-state index in [9.17, 15) is 4.79 Å². The van der Waals surface area contributed by atoms with Gasteiger partial charge in [0, 0.05) is 0 Å². The number of nitrogens with one attached hydrogen (secondary N) is 1. The number of anilines is 1. The third kappa shape index (κ3) is 5.63. The van der Waals surface area contributed by atoms with E-state index in [4.69, 9.17) is 4.84 Å². The van der Waals surface area contributed by atoms with Crippen molar-refractivity contribution in [2.45, 2.75) is 6.92 Å². The molecule has 5 nitrogen and oxygen atoms in total. The van der Waals surface area contributed by atoms with Crippen LogP contribution in [0, 0.1) is 0 Å². The van der Waals surface area contributed by atoms with Crippen LogP contribution in [-0.2, 0) is 9.57 Å². The molecule has 2 rings (SSSR count). The van der Waals surface area contributed by atoms with E-state index in [0.717, 1.165) is 22.4 Å². The summed E-state index contributed by atoms with van der Waals surface area (Å²) in [4.78, 5) is 16.5. The largest absolute Gasteiger partial charge is 0.453 e. The van der Waals surface area contributed by atoms with Gasteiger partial charge in [-0.25, -0.2) is 4.79 Å². The first-order chi connectivity index (χ1) is 12.6. The number of nitrogens with zero attached hydrogens (tertiary/aromatic N) is 1. The highest BCUT2D eigenvalue weighted by molar-refractivity contribution is 5.98. The summed E-state index contributed by atoms with van der Waals surface area (Å²) in [5, 5.41) is 6.73. The maximum atomic E-state index is 11.4. The lowest BCUT2D eigenvalue weighted by Crippen LogP contribution is -2.11. The van der Waals surface area contributed by atoms with Gasteiger partial charge in [0.2, 0.25) is 0 Å². The van der Waals surface area contributed by atoms with E-state index in [0.29, 0.717) is 12.3 Å². The molecule has 0 fully saturated rings. The number of methoxy groups -OCH3 is 1. The second kappa shape index (κ2) is 9.84. The number of para-hydroxylation sites is 1. The average Bonchev–Trinajstić information content (AvgIpc) is 2.67. The van der Waals surface area contributed by atoms with Crippen molar-refractivity contribution in [3.63, 3.8) is 0 Å². The Morgan fingerprint density at radius 3 is 2.58 bits per heavy atom. The first-order valence-corrected chi connectivity index (χ1v) is 8.14. The van der Waals surface area contributed by atoms with Gasteiger partial charge in [-0.1, -0.05) is 72.4 Å². The number of ether oxygens (including phenoxy) is 1. The Kier molecular flexibility index (Phi) is 7.18. The molecule has 0 spiro atoms. The highest BCUT2D eigenvalue weighted by Crippen LogP contribution is 2.19. The maximum absolute atomic E-state index is 11.4. The van der Waals surface area contributed by atoms with E-state index in [2.05, 4.69) is 21.8 Å². The van der Waals surface area contributed by atoms with E-state index < -0.39 is 6.09 Å². The van der Waals surface area contributed by atoms with E-state index in [-0.39, 0.29) is 0 Å². The highest BCUT2D eigenvalue weighted by Gasteiger charge is 2.03. The Morgan fingerprint density at radius 1 is 1.15 bits per heavy atom. The third-order valence-corrected chi connectivity index (χ3v) is 3.56. The molecule has 2 aromatic carbocycles. The van der Waals surface area contributed by atoms with Crippen molar-refractivity contribution in [1.29, 1.82) is 0 Å². The van der Waals surface area contributed by atoms with Crippen LogP contribution >= 0.6 is 0 Å². The highest BCUT2D eigenvalue weighted by atomic mass is 16.6. The lowest BCUT2D eigenvalue weighted by atomic mass is 10.1. The van der Waals surface area contributed by atoms with Gasteiger partial charge in [0.25, 0.3) is 0 Å². The molecule has 0 heterocycles. The molecule has 0 saturated heterocycles. The standard InChI is InChI=1S/C21H22N2O3/c1-4-15-26-23-16(2)18-12-9-17(10-13-18)11-14-19-7-5-6-8-20(19)22-21(24)25-3/h4-14H,1,15H2,2-3H3,(H,22,24)/b14-11+,23-16+. The fraction of sp³-hybridized carbons (Fsp3) is 0.143. The molecule has 0 aliphatic rings. The van der Waals surface area contributed by atoms with Crippen LogP contribution in [0.5, 0.6) is 0 Å². The second-order valence-electron chi connectivity index (χ2n) is 5.42. The zero-order valence-electron chi connectivity index (χ0n) is 14.9. The fourth-order valence-electron chi connectivity index (χ4n) is 2.18. The molecule has 0 aromatic heterocycles. The summed E-state index contributed by atoms with van der Waals surface area (Å²) in [6.07, 6.45) is 5.07. The minimum atomic E-state index is -0.497. The lowest BCUT2D eigenvalue weighted by Gasteiger charge is -2.07. The smallest absolute Gasteiger partial charge is 0.411 e. The molecule has 0 radical (unpaired) electrons.